The minimum Gasteiger partial charge on any atom is -0.366 e. The highest BCUT2D eigenvalue weighted by Crippen LogP contribution is 2.18. The molecule has 0 spiro atoms. The standard InChI is InChI=1S/C15H12N2O3/c16-15(18)13-8-6-11(7-9-13)10-14(17(19)20)12-4-2-1-3-5-12/h1-10H,(H2,16,18). The highest BCUT2D eigenvalue weighted by atomic mass is 16.6. The Morgan fingerprint density at radius 1 is 1.00 bits per heavy atom. The van der Waals surface area contributed by atoms with E-state index in [9.17, 15) is 14.9 Å². The van der Waals surface area contributed by atoms with E-state index in [1.807, 2.05) is 0 Å². The Labute approximate surface area is 115 Å². The van der Waals surface area contributed by atoms with Crippen molar-refractivity contribution in [3.8, 4) is 0 Å². The van der Waals surface area contributed by atoms with Gasteiger partial charge >= 0.3 is 0 Å². The molecule has 2 aromatic rings. The summed E-state index contributed by atoms with van der Waals surface area (Å²) < 4.78 is 0. The molecule has 100 valence electrons. The first kappa shape index (κ1) is 13.5. The van der Waals surface area contributed by atoms with Crippen molar-refractivity contribution in [3.05, 3.63) is 81.4 Å². The first-order valence-corrected chi connectivity index (χ1v) is 5.89. The molecule has 20 heavy (non-hydrogen) atoms. The molecule has 0 atom stereocenters. The van der Waals surface area contributed by atoms with Crippen molar-refractivity contribution >= 4 is 17.7 Å². The van der Waals surface area contributed by atoms with Gasteiger partial charge in [-0.25, -0.2) is 0 Å². The zero-order chi connectivity index (χ0) is 14.5. The van der Waals surface area contributed by atoms with E-state index in [0.717, 1.165) is 0 Å². The minimum atomic E-state index is -0.530. The minimum absolute atomic E-state index is 0.00238. The lowest BCUT2D eigenvalue weighted by Gasteiger charge is -2.00. The zero-order valence-electron chi connectivity index (χ0n) is 10.5. The Morgan fingerprint density at radius 2 is 1.60 bits per heavy atom. The molecule has 0 saturated heterocycles. The molecule has 2 N–H and O–H groups in total. The lowest BCUT2D eigenvalue weighted by atomic mass is 10.1. The third kappa shape index (κ3) is 3.08. The van der Waals surface area contributed by atoms with Crippen LogP contribution < -0.4 is 5.73 Å². The summed E-state index contributed by atoms with van der Waals surface area (Å²) in [6, 6.07) is 14.9. The van der Waals surface area contributed by atoms with Gasteiger partial charge in [-0.2, -0.15) is 0 Å². The molecular formula is C15H12N2O3. The molecule has 0 saturated carbocycles. The van der Waals surface area contributed by atoms with Gasteiger partial charge in [-0.15, -0.1) is 0 Å². The van der Waals surface area contributed by atoms with Crippen LogP contribution in [0.2, 0.25) is 0 Å². The van der Waals surface area contributed by atoms with Crippen LogP contribution in [-0.2, 0) is 0 Å². The van der Waals surface area contributed by atoms with E-state index in [0.29, 0.717) is 16.7 Å². The van der Waals surface area contributed by atoms with Crippen molar-refractivity contribution in [2.45, 2.75) is 0 Å². The monoisotopic (exact) mass is 268 g/mol. The molecule has 1 amide bonds. The molecule has 0 heterocycles. The van der Waals surface area contributed by atoms with Crippen LogP contribution in [0.25, 0.3) is 11.8 Å². The Kier molecular flexibility index (Phi) is 3.91. The predicted molar refractivity (Wildman–Crippen MR) is 76.3 cm³/mol. The second kappa shape index (κ2) is 5.79. The lowest BCUT2D eigenvalue weighted by Crippen LogP contribution is -2.10. The van der Waals surface area contributed by atoms with Gasteiger partial charge in [0.05, 0.1) is 10.5 Å². The fourth-order valence-corrected chi connectivity index (χ4v) is 1.75. The van der Waals surface area contributed by atoms with Gasteiger partial charge in [-0.3, -0.25) is 14.9 Å². The van der Waals surface area contributed by atoms with Crippen LogP contribution in [0.5, 0.6) is 0 Å². The van der Waals surface area contributed by atoms with Gasteiger partial charge in [0.25, 0.3) is 5.70 Å². The number of nitrogens with two attached hydrogens (primary N) is 1. The van der Waals surface area contributed by atoms with Gasteiger partial charge < -0.3 is 5.73 Å². The Bertz CT molecular complexity index is 661. The van der Waals surface area contributed by atoms with Crippen molar-refractivity contribution in [1.29, 1.82) is 0 Å². The van der Waals surface area contributed by atoms with E-state index in [1.54, 1.807) is 42.5 Å². The van der Waals surface area contributed by atoms with Crippen LogP contribution in [0.15, 0.2) is 54.6 Å². The third-order valence-electron chi connectivity index (χ3n) is 2.76. The number of nitrogens with zero attached hydrogens (tertiary/aromatic N) is 1. The normalized spacial score (nSPS) is 11.1. The topological polar surface area (TPSA) is 86.2 Å². The van der Waals surface area contributed by atoms with E-state index < -0.39 is 10.8 Å². The van der Waals surface area contributed by atoms with Gasteiger partial charge in [0.15, 0.2) is 0 Å². The summed E-state index contributed by atoms with van der Waals surface area (Å²) in [5, 5.41) is 11.1. The Hall–Kier alpha value is -2.95. The van der Waals surface area contributed by atoms with E-state index in [2.05, 4.69) is 0 Å². The molecule has 5 heteroatoms. The molecule has 0 unspecified atom stereocenters. The van der Waals surface area contributed by atoms with Crippen LogP contribution in [0.1, 0.15) is 21.5 Å². The maximum atomic E-state index is 11.1. The predicted octanol–water partition coefficient (Wildman–Crippen LogP) is 2.56. The van der Waals surface area contributed by atoms with Crippen molar-refractivity contribution in [2.75, 3.05) is 0 Å². The van der Waals surface area contributed by atoms with Crippen LogP contribution in [0.3, 0.4) is 0 Å². The van der Waals surface area contributed by atoms with Crippen molar-refractivity contribution in [2.24, 2.45) is 5.73 Å². The molecule has 0 bridgehead atoms. The highest BCUT2D eigenvalue weighted by Gasteiger charge is 2.13. The van der Waals surface area contributed by atoms with Gasteiger partial charge in [0.2, 0.25) is 5.91 Å². The van der Waals surface area contributed by atoms with Crippen LogP contribution in [0.4, 0.5) is 0 Å². The van der Waals surface area contributed by atoms with Gasteiger partial charge in [-0.05, 0) is 29.8 Å². The van der Waals surface area contributed by atoms with E-state index >= 15 is 0 Å². The molecule has 2 aromatic carbocycles. The number of hydrogen-bond donors (Lipinski definition) is 1. The second-order valence-corrected chi connectivity index (χ2v) is 4.14. The summed E-state index contributed by atoms with van der Waals surface area (Å²) in [5.41, 5.74) is 6.66. The zero-order valence-corrected chi connectivity index (χ0v) is 10.5. The van der Waals surface area contributed by atoms with Gasteiger partial charge in [-0.1, -0.05) is 30.3 Å². The molecule has 0 fully saturated rings. The Balaban J connectivity index is 2.39. The average molecular weight is 268 g/mol. The lowest BCUT2D eigenvalue weighted by molar-refractivity contribution is -0.374. The number of primary amides is 1. The molecule has 0 radical (unpaired) electrons. The van der Waals surface area contributed by atoms with Crippen LogP contribution >= 0.6 is 0 Å². The third-order valence-corrected chi connectivity index (χ3v) is 2.76. The molecule has 0 aliphatic carbocycles. The summed E-state index contributed by atoms with van der Waals surface area (Å²) in [5.74, 6) is -0.530. The molecule has 0 aliphatic heterocycles. The molecule has 2 rings (SSSR count). The molecular weight excluding hydrogens is 256 g/mol. The number of amides is 1. The van der Waals surface area contributed by atoms with Crippen molar-refractivity contribution < 1.29 is 9.72 Å². The number of hydrogen-bond acceptors (Lipinski definition) is 3. The Morgan fingerprint density at radius 3 is 2.10 bits per heavy atom. The van der Waals surface area contributed by atoms with E-state index in [4.69, 9.17) is 5.73 Å². The smallest absolute Gasteiger partial charge is 0.277 e. The summed E-state index contributed by atoms with van der Waals surface area (Å²) >= 11 is 0. The summed E-state index contributed by atoms with van der Waals surface area (Å²) in [6.45, 7) is 0. The number of rotatable bonds is 4. The fourth-order valence-electron chi connectivity index (χ4n) is 1.75. The van der Waals surface area contributed by atoms with Crippen LogP contribution in [0, 0.1) is 10.1 Å². The fraction of sp³-hybridized carbons (Fsp3) is 0. The van der Waals surface area contributed by atoms with E-state index in [1.165, 1.54) is 18.2 Å². The number of carbonyl (C=O) groups excluding carboxylic acids is 1. The van der Waals surface area contributed by atoms with Gasteiger partial charge in [0, 0.05) is 11.6 Å². The van der Waals surface area contributed by atoms with Crippen molar-refractivity contribution in [3.63, 3.8) is 0 Å². The van der Waals surface area contributed by atoms with Crippen LogP contribution in [-0.4, -0.2) is 10.8 Å². The largest absolute Gasteiger partial charge is 0.366 e. The highest BCUT2D eigenvalue weighted by molar-refractivity contribution is 5.93. The molecule has 5 nitrogen and oxygen atoms in total. The first-order chi connectivity index (χ1) is 9.58. The SMILES string of the molecule is NC(=O)c1ccc(C=C(c2ccccc2)[N+](=O)[O-])cc1. The second-order valence-electron chi connectivity index (χ2n) is 4.14. The van der Waals surface area contributed by atoms with Gasteiger partial charge in [0.1, 0.15) is 0 Å². The van der Waals surface area contributed by atoms with E-state index in [-0.39, 0.29) is 5.70 Å². The average Bonchev–Trinajstić information content (AvgIpc) is 2.46. The quantitative estimate of drug-likeness (QED) is 0.525. The first-order valence-electron chi connectivity index (χ1n) is 5.89. The maximum absolute atomic E-state index is 11.1. The molecule has 0 aromatic heterocycles. The number of carbonyl (C=O) groups is 1. The summed E-state index contributed by atoms with van der Waals surface area (Å²) in [4.78, 5) is 21.7. The number of benzene rings is 2. The summed E-state index contributed by atoms with van der Waals surface area (Å²) in [6.07, 6.45) is 1.46. The summed E-state index contributed by atoms with van der Waals surface area (Å²) in [7, 11) is 0. The molecule has 0 aliphatic rings. The van der Waals surface area contributed by atoms with Crippen molar-refractivity contribution in [1.82, 2.24) is 0 Å². The number of nitro groups is 1. The maximum Gasteiger partial charge on any atom is 0.277 e.